The Morgan fingerprint density at radius 1 is 1.24 bits per heavy atom. The summed E-state index contributed by atoms with van der Waals surface area (Å²) in [4.78, 5) is 25.2. The number of ether oxygens (including phenoxy) is 1. The smallest absolute Gasteiger partial charge is 0.337 e. The number of aryl methyl sites for hydroxylation is 2. The van der Waals surface area contributed by atoms with Crippen molar-refractivity contribution in [1.29, 1.82) is 0 Å². The molecular weight excluding hydrogens is 288 g/mol. The standard InChI is InChI=1S/C15H16N2O3S/c1-8-4-5-10(15(19)20-3)6-12(8)17-14(18)13-7-11(16)9(2)21-13/h4-7H,16H2,1-3H3,(H,17,18). The van der Waals surface area contributed by atoms with Crippen molar-refractivity contribution in [3.05, 3.63) is 45.1 Å². The zero-order valence-electron chi connectivity index (χ0n) is 12.0. The number of carbonyl (C=O) groups is 2. The minimum Gasteiger partial charge on any atom is -0.465 e. The van der Waals surface area contributed by atoms with Crippen molar-refractivity contribution in [1.82, 2.24) is 0 Å². The number of rotatable bonds is 3. The lowest BCUT2D eigenvalue weighted by Crippen LogP contribution is -2.12. The summed E-state index contributed by atoms with van der Waals surface area (Å²) in [6.07, 6.45) is 0. The molecule has 0 unspecified atom stereocenters. The molecule has 21 heavy (non-hydrogen) atoms. The van der Waals surface area contributed by atoms with Crippen molar-refractivity contribution in [3.63, 3.8) is 0 Å². The first-order chi connectivity index (χ1) is 9.92. The fraction of sp³-hybridized carbons (Fsp3) is 0.200. The normalized spacial score (nSPS) is 10.2. The van der Waals surface area contributed by atoms with E-state index in [1.165, 1.54) is 18.4 Å². The van der Waals surface area contributed by atoms with Crippen LogP contribution in [0, 0.1) is 13.8 Å². The number of nitrogens with one attached hydrogen (secondary N) is 1. The van der Waals surface area contributed by atoms with Crippen LogP contribution in [0.2, 0.25) is 0 Å². The summed E-state index contributed by atoms with van der Waals surface area (Å²) in [5, 5.41) is 2.79. The molecule has 0 saturated heterocycles. The highest BCUT2D eigenvalue weighted by atomic mass is 32.1. The van der Waals surface area contributed by atoms with E-state index in [9.17, 15) is 9.59 Å². The minimum atomic E-state index is -0.443. The molecule has 0 aliphatic heterocycles. The van der Waals surface area contributed by atoms with E-state index in [0.29, 0.717) is 21.8 Å². The van der Waals surface area contributed by atoms with Gasteiger partial charge in [-0.15, -0.1) is 11.3 Å². The molecule has 0 radical (unpaired) electrons. The van der Waals surface area contributed by atoms with Gasteiger partial charge >= 0.3 is 5.97 Å². The van der Waals surface area contributed by atoms with Crippen LogP contribution in [0.3, 0.4) is 0 Å². The van der Waals surface area contributed by atoms with Gasteiger partial charge < -0.3 is 15.8 Å². The van der Waals surface area contributed by atoms with Crippen LogP contribution >= 0.6 is 11.3 Å². The number of esters is 1. The second-order valence-corrected chi connectivity index (χ2v) is 5.85. The molecule has 1 aromatic carbocycles. The van der Waals surface area contributed by atoms with Crippen molar-refractivity contribution in [2.24, 2.45) is 0 Å². The SMILES string of the molecule is COC(=O)c1ccc(C)c(NC(=O)c2cc(N)c(C)s2)c1. The fourth-order valence-corrected chi connectivity index (χ4v) is 2.63. The number of hydrogen-bond acceptors (Lipinski definition) is 5. The number of carbonyl (C=O) groups excluding carboxylic acids is 2. The number of anilines is 2. The van der Waals surface area contributed by atoms with E-state index in [0.717, 1.165) is 10.4 Å². The second-order valence-electron chi connectivity index (χ2n) is 4.60. The van der Waals surface area contributed by atoms with Crippen LogP contribution in [0.25, 0.3) is 0 Å². The Hall–Kier alpha value is -2.34. The second kappa shape index (κ2) is 5.97. The lowest BCUT2D eigenvalue weighted by atomic mass is 10.1. The maximum Gasteiger partial charge on any atom is 0.337 e. The summed E-state index contributed by atoms with van der Waals surface area (Å²) in [6.45, 7) is 3.71. The Morgan fingerprint density at radius 2 is 1.95 bits per heavy atom. The third-order valence-corrected chi connectivity index (χ3v) is 4.15. The van der Waals surface area contributed by atoms with Crippen molar-refractivity contribution >= 4 is 34.6 Å². The molecule has 0 aliphatic carbocycles. The van der Waals surface area contributed by atoms with Crippen molar-refractivity contribution in [2.45, 2.75) is 13.8 Å². The van der Waals surface area contributed by atoms with Crippen LogP contribution in [0.15, 0.2) is 24.3 Å². The zero-order chi connectivity index (χ0) is 15.6. The van der Waals surface area contributed by atoms with Crippen LogP contribution in [0.5, 0.6) is 0 Å². The number of nitrogen functional groups attached to an aromatic ring is 1. The molecular formula is C15H16N2O3S. The molecule has 1 aromatic heterocycles. The predicted octanol–water partition coefficient (Wildman–Crippen LogP) is 2.99. The average molecular weight is 304 g/mol. The highest BCUT2D eigenvalue weighted by molar-refractivity contribution is 7.14. The van der Waals surface area contributed by atoms with Gasteiger partial charge in [0.1, 0.15) is 0 Å². The van der Waals surface area contributed by atoms with Gasteiger partial charge in [0.05, 0.1) is 17.6 Å². The molecule has 0 saturated carbocycles. The Morgan fingerprint density at radius 3 is 2.52 bits per heavy atom. The van der Waals surface area contributed by atoms with Gasteiger partial charge in [-0.1, -0.05) is 6.07 Å². The van der Waals surface area contributed by atoms with Gasteiger partial charge in [0.2, 0.25) is 0 Å². The average Bonchev–Trinajstić information content (AvgIpc) is 2.80. The number of benzene rings is 1. The van der Waals surface area contributed by atoms with E-state index < -0.39 is 5.97 Å². The highest BCUT2D eigenvalue weighted by Crippen LogP contribution is 2.25. The first-order valence-corrected chi connectivity index (χ1v) is 7.10. The molecule has 0 atom stereocenters. The summed E-state index contributed by atoms with van der Waals surface area (Å²) in [5.74, 6) is -0.688. The first kappa shape index (κ1) is 15.1. The third kappa shape index (κ3) is 3.22. The summed E-state index contributed by atoms with van der Waals surface area (Å²) >= 11 is 1.33. The van der Waals surface area contributed by atoms with E-state index in [-0.39, 0.29) is 5.91 Å². The molecule has 2 rings (SSSR count). The lowest BCUT2D eigenvalue weighted by Gasteiger charge is -2.09. The van der Waals surface area contributed by atoms with Crippen LogP contribution in [0.4, 0.5) is 11.4 Å². The zero-order valence-corrected chi connectivity index (χ0v) is 12.8. The summed E-state index contributed by atoms with van der Waals surface area (Å²) in [7, 11) is 1.32. The Balaban J connectivity index is 2.26. The van der Waals surface area contributed by atoms with E-state index in [1.54, 1.807) is 24.3 Å². The van der Waals surface area contributed by atoms with Gasteiger partial charge in [-0.25, -0.2) is 4.79 Å². The number of thiophene rings is 1. The van der Waals surface area contributed by atoms with Crippen LogP contribution in [-0.2, 0) is 4.74 Å². The minimum absolute atomic E-state index is 0.245. The fourth-order valence-electron chi connectivity index (χ4n) is 1.79. The largest absolute Gasteiger partial charge is 0.465 e. The highest BCUT2D eigenvalue weighted by Gasteiger charge is 2.14. The van der Waals surface area contributed by atoms with Crippen molar-refractivity contribution < 1.29 is 14.3 Å². The van der Waals surface area contributed by atoms with E-state index in [2.05, 4.69) is 10.1 Å². The molecule has 0 bridgehead atoms. The molecule has 2 aromatic rings. The summed E-state index contributed by atoms with van der Waals surface area (Å²) in [5.41, 5.74) is 8.18. The third-order valence-electron chi connectivity index (χ3n) is 3.09. The van der Waals surface area contributed by atoms with Crippen molar-refractivity contribution in [2.75, 3.05) is 18.2 Å². The maximum atomic E-state index is 12.2. The number of methoxy groups -OCH3 is 1. The van der Waals surface area contributed by atoms with Gasteiger partial charge in [0.25, 0.3) is 5.91 Å². The molecule has 5 nitrogen and oxygen atoms in total. The molecule has 1 heterocycles. The van der Waals surface area contributed by atoms with Gasteiger partial charge in [-0.05, 0) is 37.6 Å². The van der Waals surface area contributed by atoms with Gasteiger partial charge in [-0.3, -0.25) is 4.79 Å². The topological polar surface area (TPSA) is 81.4 Å². The molecule has 0 spiro atoms. The molecule has 0 aliphatic rings. The number of nitrogens with two attached hydrogens (primary N) is 1. The maximum absolute atomic E-state index is 12.2. The number of amides is 1. The Bertz CT molecular complexity index is 687. The quantitative estimate of drug-likeness (QED) is 0.854. The van der Waals surface area contributed by atoms with E-state index >= 15 is 0 Å². The lowest BCUT2D eigenvalue weighted by molar-refractivity contribution is 0.0600. The van der Waals surface area contributed by atoms with Crippen molar-refractivity contribution in [3.8, 4) is 0 Å². The first-order valence-electron chi connectivity index (χ1n) is 6.28. The van der Waals surface area contributed by atoms with Crippen LogP contribution in [0.1, 0.15) is 30.5 Å². The monoisotopic (exact) mass is 304 g/mol. The van der Waals surface area contributed by atoms with E-state index in [1.807, 2.05) is 13.8 Å². The molecule has 110 valence electrons. The molecule has 6 heteroatoms. The number of hydrogen-bond donors (Lipinski definition) is 2. The van der Waals surface area contributed by atoms with Gasteiger partial charge in [0, 0.05) is 16.3 Å². The molecule has 3 N–H and O–H groups in total. The van der Waals surface area contributed by atoms with Gasteiger partial charge in [0.15, 0.2) is 0 Å². The Labute approximate surface area is 126 Å². The van der Waals surface area contributed by atoms with Crippen LogP contribution in [-0.4, -0.2) is 19.0 Å². The summed E-state index contributed by atoms with van der Waals surface area (Å²) < 4.78 is 4.67. The Kier molecular flexibility index (Phi) is 4.28. The van der Waals surface area contributed by atoms with Crippen LogP contribution < -0.4 is 11.1 Å². The molecule has 1 amide bonds. The predicted molar refractivity (Wildman–Crippen MR) is 83.9 cm³/mol. The van der Waals surface area contributed by atoms with Gasteiger partial charge in [-0.2, -0.15) is 0 Å². The summed E-state index contributed by atoms with van der Waals surface area (Å²) in [6, 6.07) is 6.66. The van der Waals surface area contributed by atoms with E-state index in [4.69, 9.17) is 5.73 Å². The molecule has 0 fully saturated rings.